The van der Waals surface area contributed by atoms with E-state index < -0.39 is 0 Å². The molecule has 8 heteroatoms. The van der Waals surface area contributed by atoms with Crippen molar-refractivity contribution < 1.29 is 28.4 Å². The van der Waals surface area contributed by atoms with Crippen molar-refractivity contribution in [2.24, 2.45) is 0 Å². The minimum atomic E-state index is 0.131. The number of nitrogens with zero attached hydrogens (tertiary/aromatic N) is 2. The topological polar surface area (TPSA) is 81.2 Å². The van der Waals surface area contributed by atoms with Gasteiger partial charge in [0.1, 0.15) is 0 Å². The molecule has 0 radical (unpaired) electrons. The first kappa shape index (κ1) is 30.7. The fourth-order valence-electron chi connectivity index (χ4n) is 5.64. The molecule has 230 valence electrons. The van der Waals surface area contributed by atoms with Crippen molar-refractivity contribution >= 4 is 21.8 Å². The Morgan fingerprint density at radius 1 is 0.500 bits per heavy atom. The van der Waals surface area contributed by atoms with Gasteiger partial charge in [-0.15, -0.1) is 0 Å². The third-order valence-electron chi connectivity index (χ3n) is 7.90. The fraction of sp³-hybridized carbons (Fsp3) is 0.333. The molecular formula is C36H40N2O6. The number of benzene rings is 3. The van der Waals surface area contributed by atoms with Crippen LogP contribution in [0, 0.1) is 0 Å². The predicted octanol–water partition coefficient (Wildman–Crippen LogP) is 8.42. The lowest BCUT2D eigenvalue weighted by molar-refractivity contribution is 0.324. The van der Waals surface area contributed by atoms with E-state index in [4.69, 9.17) is 38.4 Å². The van der Waals surface area contributed by atoms with Crippen LogP contribution in [0.25, 0.3) is 44.1 Å². The second kappa shape index (κ2) is 12.5. The summed E-state index contributed by atoms with van der Waals surface area (Å²) >= 11 is 0. The van der Waals surface area contributed by atoms with Crippen LogP contribution in [0.2, 0.25) is 0 Å². The zero-order valence-electron chi connectivity index (χ0n) is 27.1. The smallest absolute Gasteiger partial charge is 0.203 e. The summed E-state index contributed by atoms with van der Waals surface area (Å²) in [6.07, 6.45) is 0. The van der Waals surface area contributed by atoms with E-state index in [2.05, 4.69) is 52.0 Å². The van der Waals surface area contributed by atoms with Crippen molar-refractivity contribution in [3.63, 3.8) is 0 Å². The zero-order valence-corrected chi connectivity index (χ0v) is 27.1. The first-order chi connectivity index (χ1) is 21.2. The van der Waals surface area contributed by atoms with E-state index >= 15 is 0 Å². The molecular weight excluding hydrogens is 556 g/mol. The third-order valence-corrected chi connectivity index (χ3v) is 7.90. The van der Waals surface area contributed by atoms with Crippen LogP contribution in [-0.4, -0.2) is 52.6 Å². The normalized spacial score (nSPS) is 11.4. The molecule has 0 saturated heterocycles. The number of methoxy groups -OCH3 is 6. The Kier molecular flexibility index (Phi) is 8.72. The van der Waals surface area contributed by atoms with E-state index in [9.17, 15) is 0 Å². The van der Waals surface area contributed by atoms with Crippen LogP contribution in [0.3, 0.4) is 0 Å². The van der Waals surface area contributed by atoms with Crippen LogP contribution < -0.4 is 28.4 Å². The van der Waals surface area contributed by atoms with E-state index in [-0.39, 0.29) is 11.8 Å². The van der Waals surface area contributed by atoms with Gasteiger partial charge in [-0.25, -0.2) is 4.98 Å². The van der Waals surface area contributed by atoms with Crippen LogP contribution in [0.15, 0.2) is 48.5 Å². The molecule has 8 nitrogen and oxygen atoms in total. The lowest BCUT2D eigenvalue weighted by atomic mass is 9.93. The highest BCUT2D eigenvalue weighted by Gasteiger charge is 2.22. The first-order valence-corrected chi connectivity index (χ1v) is 14.6. The molecule has 2 aromatic heterocycles. The summed E-state index contributed by atoms with van der Waals surface area (Å²) in [5.74, 6) is 3.79. The van der Waals surface area contributed by atoms with Gasteiger partial charge in [0, 0.05) is 22.0 Å². The number of ether oxygens (including phenoxy) is 6. The second-order valence-corrected chi connectivity index (χ2v) is 11.2. The van der Waals surface area contributed by atoms with Crippen molar-refractivity contribution in [3.8, 4) is 56.8 Å². The Morgan fingerprint density at radius 3 is 1.43 bits per heavy atom. The Bertz CT molecular complexity index is 1800. The highest BCUT2D eigenvalue weighted by atomic mass is 16.5. The molecule has 0 N–H and O–H groups in total. The summed E-state index contributed by atoms with van der Waals surface area (Å²) < 4.78 is 33.9. The maximum atomic E-state index is 5.69. The van der Waals surface area contributed by atoms with Gasteiger partial charge >= 0.3 is 0 Å². The molecule has 0 bridgehead atoms. The van der Waals surface area contributed by atoms with Crippen molar-refractivity contribution in [2.75, 3.05) is 42.7 Å². The average molecular weight is 597 g/mol. The number of hydrogen-bond acceptors (Lipinski definition) is 8. The Balaban J connectivity index is 1.83. The van der Waals surface area contributed by atoms with Crippen molar-refractivity contribution in [3.05, 3.63) is 59.9 Å². The van der Waals surface area contributed by atoms with Crippen molar-refractivity contribution in [1.29, 1.82) is 0 Å². The molecule has 0 atom stereocenters. The van der Waals surface area contributed by atoms with Gasteiger partial charge in [0.2, 0.25) is 11.5 Å². The molecule has 5 aromatic rings. The van der Waals surface area contributed by atoms with Gasteiger partial charge in [-0.2, -0.15) is 0 Å². The van der Waals surface area contributed by atoms with Gasteiger partial charge < -0.3 is 28.4 Å². The lowest BCUT2D eigenvalue weighted by Crippen LogP contribution is -2.02. The molecule has 0 spiro atoms. The van der Waals surface area contributed by atoms with Gasteiger partial charge in [0.15, 0.2) is 23.0 Å². The van der Waals surface area contributed by atoms with Gasteiger partial charge in [-0.05, 0) is 64.9 Å². The number of rotatable bonds is 10. The predicted molar refractivity (Wildman–Crippen MR) is 175 cm³/mol. The van der Waals surface area contributed by atoms with Gasteiger partial charge in [-0.3, -0.25) is 4.98 Å². The summed E-state index contributed by atoms with van der Waals surface area (Å²) in [4.78, 5) is 10.5. The average Bonchev–Trinajstić information content (AvgIpc) is 3.05. The number of fused-ring (bicyclic) bond motifs is 3. The minimum Gasteiger partial charge on any atom is -0.493 e. The Hall–Kier alpha value is -4.72. The summed E-state index contributed by atoms with van der Waals surface area (Å²) in [5, 5.41) is 1.97. The zero-order chi connectivity index (χ0) is 31.7. The molecule has 0 fully saturated rings. The molecule has 44 heavy (non-hydrogen) atoms. The molecule has 0 amide bonds. The summed E-state index contributed by atoms with van der Waals surface area (Å²) in [5.41, 5.74) is 7.48. The summed E-state index contributed by atoms with van der Waals surface area (Å²) in [6.45, 7) is 8.59. The fourth-order valence-corrected chi connectivity index (χ4v) is 5.64. The maximum absolute atomic E-state index is 5.69. The summed E-state index contributed by atoms with van der Waals surface area (Å²) in [6, 6.07) is 16.4. The van der Waals surface area contributed by atoms with E-state index in [1.54, 1.807) is 42.7 Å². The molecule has 0 unspecified atom stereocenters. The van der Waals surface area contributed by atoms with Gasteiger partial charge in [0.05, 0.1) is 59.4 Å². The largest absolute Gasteiger partial charge is 0.493 e. The Morgan fingerprint density at radius 2 is 1.00 bits per heavy atom. The lowest BCUT2D eigenvalue weighted by Gasteiger charge is -2.19. The molecule has 2 heterocycles. The van der Waals surface area contributed by atoms with Crippen LogP contribution in [0.4, 0.5) is 0 Å². The molecule has 0 saturated carbocycles. The van der Waals surface area contributed by atoms with E-state index in [0.717, 1.165) is 55.4 Å². The van der Waals surface area contributed by atoms with Gasteiger partial charge in [0.25, 0.3) is 0 Å². The molecule has 0 aliphatic carbocycles. The number of aromatic nitrogens is 2. The second-order valence-electron chi connectivity index (χ2n) is 11.2. The van der Waals surface area contributed by atoms with E-state index in [0.29, 0.717) is 34.5 Å². The standard InChI is InChI=1S/C36H40N2O6/c1-19(2)27-18-25(22-14-28(39-5)35(43-9)29(15-22)40-6)24-12-11-21-13-26(32(20(3)4)38-33(21)34(24)37-27)23-16-30(41-7)36(44-10)31(17-23)42-8/h11-20H,1-10H3. The van der Waals surface area contributed by atoms with Crippen LogP contribution in [0.5, 0.6) is 34.5 Å². The Labute approximate surface area is 258 Å². The van der Waals surface area contributed by atoms with E-state index in [1.165, 1.54) is 0 Å². The summed E-state index contributed by atoms with van der Waals surface area (Å²) in [7, 11) is 9.71. The SMILES string of the molecule is COc1cc(-c2cc3ccc4c(-c5cc(OC)c(OC)c(OC)c5)cc(C(C)C)nc4c3nc2C(C)C)cc(OC)c1OC. The molecule has 5 rings (SSSR count). The monoisotopic (exact) mass is 596 g/mol. The van der Waals surface area contributed by atoms with Crippen LogP contribution in [0.1, 0.15) is 50.9 Å². The third kappa shape index (κ3) is 5.29. The van der Waals surface area contributed by atoms with E-state index in [1.807, 2.05) is 24.3 Å². The van der Waals surface area contributed by atoms with Crippen LogP contribution >= 0.6 is 0 Å². The maximum Gasteiger partial charge on any atom is 0.203 e. The van der Waals surface area contributed by atoms with Crippen molar-refractivity contribution in [1.82, 2.24) is 9.97 Å². The number of hydrogen-bond donors (Lipinski definition) is 0. The van der Waals surface area contributed by atoms with Crippen molar-refractivity contribution in [2.45, 2.75) is 39.5 Å². The number of pyridine rings is 2. The molecule has 0 aliphatic heterocycles. The highest BCUT2D eigenvalue weighted by Crippen LogP contribution is 2.45. The van der Waals surface area contributed by atoms with Crippen LogP contribution in [-0.2, 0) is 0 Å². The highest BCUT2D eigenvalue weighted by molar-refractivity contribution is 6.09. The minimum absolute atomic E-state index is 0.131. The molecule has 0 aliphatic rings. The molecule has 3 aromatic carbocycles. The van der Waals surface area contributed by atoms with Gasteiger partial charge in [-0.1, -0.05) is 39.8 Å². The quantitative estimate of drug-likeness (QED) is 0.149. The first-order valence-electron chi connectivity index (χ1n) is 14.6.